The SMILES string of the molecule is COc1ccccc1C(=O)NC(=O)COC(=O)c1c(C)c(C)c(C)c(C)c1C. The number of esters is 1. The summed E-state index contributed by atoms with van der Waals surface area (Å²) < 4.78 is 10.3. The number of para-hydroxylation sites is 1. The Bertz CT molecular complexity index is 917. The predicted molar refractivity (Wildman–Crippen MR) is 106 cm³/mol. The molecule has 28 heavy (non-hydrogen) atoms. The maximum atomic E-state index is 12.6. The highest BCUT2D eigenvalue weighted by Crippen LogP contribution is 2.26. The highest BCUT2D eigenvalue weighted by Gasteiger charge is 2.21. The van der Waals surface area contributed by atoms with Crippen molar-refractivity contribution >= 4 is 17.8 Å². The van der Waals surface area contributed by atoms with Crippen molar-refractivity contribution in [3.63, 3.8) is 0 Å². The van der Waals surface area contributed by atoms with Crippen LogP contribution in [0.1, 0.15) is 48.5 Å². The fraction of sp³-hybridized carbons (Fsp3) is 0.318. The first-order valence-electron chi connectivity index (χ1n) is 8.90. The Morgan fingerprint density at radius 3 is 1.96 bits per heavy atom. The molecule has 0 aliphatic rings. The molecule has 2 aromatic carbocycles. The van der Waals surface area contributed by atoms with Crippen LogP contribution in [0.15, 0.2) is 24.3 Å². The van der Waals surface area contributed by atoms with Gasteiger partial charge in [0.05, 0.1) is 18.2 Å². The highest BCUT2D eigenvalue weighted by atomic mass is 16.5. The number of carbonyl (C=O) groups excluding carboxylic acids is 3. The van der Waals surface area contributed by atoms with E-state index in [0.29, 0.717) is 11.3 Å². The van der Waals surface area contributed by atoms with Gasteiger partial charge >= 0.3 is 5.97 Å². The van der Waals surface area contributed by atoms with Gasteiger partial charge in [0.25, 0.3) is 11.8 Å². The van der Waals surface area contributed by atoms with Gasteiger partial charge in [-0.15, -0.1) is 0 Å². The minimum atomic E-state index is -0.708. The van der Waals surface area contributed by atoms with Gasteiger partial charge in [-0.05, 0) is 74.6 Å². The van der Waals surface area contributed by atoms with E-state index in [4.69, 9.17) is 9.47 Å². The Morgan fingerprint density at radius 1 is 0.857 bits per heavy atom. The molecule has 0 unspecified atom stereocenters. The fourth-order valence-corrected chi connectivity index (χ4v) is 3.07. The van der Waals surface area contributed by atoms with Gasteiger partial charge in [-0.1, -0.05) is 12.1 Å². The monoisotopic (exact) mass is 383 g/mol. The molecule has 0 spiro atoms. The minimum absolute atomic E-state index is 0.223. The maximum Gasteiger partial charge on any atom is 0.339 e. The highest BCUT2D eigenvalue weighted by molar-refractivity contribution is 6.07. The number of ether oxygens (including phenoxy) is 2. The number of benzene rings is 2. The second kappa shape index (κ2) is 8.69. The van der Waals surface area contributed by atoms with Crippen molar-refractivity contribution in [2.24, 2.45) is 0 Å². The van der Waals surface area contributed by atoms with Crippen molar-refractivity contribution < 1.29 is 23.9 Å². The molecular formula is C22H25NO5. The molecule has 0 bridgehead atoms. The average molecular weight is 383 g/mol. The van der Waals surface area contributed by atoms with E-state index >= 15 is 0 Å². The molecule has 6 nitrogen and oxygen atoms in total. The largest absolute Gasteiger partial charge is 0.496 e. The van der Waals surface area contributed by atoms with Crippen LogP contribution in [-0.2, 0) is 9.53 Å². The zero-order valence-electron chi connectivity index (χ0n) is 17.1. The molecule has 2 aromatic rings. The molecule has 6 heteroatoms. The van der Waals surface area contributed by atoms with Crippen LogP contribution in [0.5, 0.6) is 5.75 Å². The van der Waals surface area contributed by atoms with Gasteiger partial charge in [-0.3, -0.25) is 14.9 Å². The molecule has 0 aliphatic heterocycles. The van der Waals surface area contributed by atoms with Gasteiger partial charge in [-0.25, -0.2) is 4.79 Å². The molecule has 0 fully saturated rings. The molecule has 1 N–H and O–H groups in total. The van der Waals surface area contributed by atoms with E-state index in [0.717, 1.165) is 27.8 Å². The first kappa shape index (κ1) is 21.2. The molecule has 0 heterocycles. The number of hydrogen-bond acceptors (Lipinski definition) is 5. The van der Waals surface area contributed by atoms with E-state index in [-0.39, 0.29) is 5.56 Å². The van der Waals surface area contributed by atoms with Crippen LogP contribution >= 0.6 is 0 Å². The van der Waals surface area contributed by atoms with E-state index in [2.05, 4.69) is 5.32 Å². The first-order valence-corrected chi connectivity index (χ1v) is 8.90. The van der Waals surface area contributed by atoms with Crippen LogP contribution in [0.2, 0.25) is 0 Å². The number of hydrogen-bond donors (Lipinski definition) is 1. The number of nitrogens with one attached hydrogen (secondary N) is 1. The zero-order valence-corrected chi connectivity index (χ0v) is 17.1. The lowest BCUT2D eigenvalue weighted by molar-refractivity contribution is -0.123. The minimum Gasteiger partial charge on any atom is -0.496 e. The van der Waals surface area contributed by atoms with Crippen molar-refractivity contribution in [2.75, 3.05) is 13.7 Å². The van der Waals surface area contributed by atoms with Crippen LogP contribution in [0.25, 0.3) is 0 Å². The second-order valence-corrected chi connectivity index (χ2v) is 6.65. The number of imide groups is 1. The molecule has 0 aliphatic carbocycles. The lowest BCUT2D eigenvalue weighted by atomic mass is 9.90. The van der Waals surface area contributed by atoms with Crippen LogP contribution in [0.4, 0.5) is 0 Å². The van der Waals surface area contributed by atoms with E-state index in [1.807, 2.05) is 34.6 Å². The Hall–Kier alpha value is -3.15. The molecular weight excluding hydrogens is 358 g/mol. The number of methoxy groups -OCH3 is 1. The average Bonchev–Trinajstić information content (AvgIpc) is 2.69. The van der Waals surface area contributed by atoms with Gasteiger partial charge in [0, 0.05) is 0 Å². The van der Waals surface area contributed by atoms with Crippen molar-refractivity contribution in [2.45, 2.75) is 34.6 Å². The van der Waals surface area contributed by atoms with E-state index in [9.17, 15) is 14.4 Å². The van der Waals surface area contributed by atoms with Gasteiger partial charge in [0.2, 0.25) is 0 Å². The molecule has 0 saturated heterocycles. The summed E-state index contributed by atoms with van der Waals surface area (Å²) in [5, 5.41) is 2.20. The van der Waals surface area contributed by atoms with Crippen molar-refractivity contribution in [1.29, 1.82) is 0 Å². The van der Waals surface area contributed by atoms with Crippen LogP contribution < -0.4 is 10.1 Å². The summed E-state index contributed by atoms with van der Waals surface area (Å²) in [6, 6.07) is 6.54. The van der Waals surface area contributed by atoms with Crippen molar-refractivity contribution in [1.82, 2.24) is 5.32 Å². The Labute approximate surface area is 164 Å². The first-order chi connectivity index (χ1) is 13.2. The van der Waals surface area contributed by atoms with Crippen LogP contribution in [0.3, 0.4) is 0 Å². The molecule has 0 saturated carbocycles. The maximum absolute atomic E-state index is 12.6. The number of amides is 2. The summed E-state index contributed by atoms with van der Waals surface area (Å²) in [5.74, 6) is -1.56. The smallest absolute Gasteiger partial charge is 0.339 e. The number of rotatable bonds is 5. The van der Waals surface area contributed by atoms with Gasteiger partial charge in [-0.2, -0.15) is 0 Å². The van der Waals surface area contributed by atoms with Crippen molar-refractivity contribution in [3.05, 3.63) is 63.2 Å². The van der Waals surface area contributed by atoms with Gasteiger partial charge in [0.1, 0.15) is 5.75 Å². The summed E-state index contributed by atoms with van der Waals surface area (Å²) in [7, 11) is 1.44. The second-order valence-electron chi connectivity index (χ2n) is 6.65. The standard InChI is InChI=1S/C22H25NO5/c1-12-13(2)15(4)20(16(5)14(12)3)22(26)28-11-19(24)23-21(25)17-9-7-8-10-18(17)27-6/h7-10H,11H2,1-6H3,(H,23,24,25). The van der Waals surface area contributed by atoms with Crippen LogP contribution in [-0.4, -0.2) is 31.5 Å². The number of carbonyl (C=O) groups is 3. The van der Waals surface area contributed by atoms with E-state index < -0.39 is 24.4 Å². The Morgan fingerprint density at radius 2 is 1.39 bits per heavy atom. The van der Waals surface area contributed by atoms with E-state index in [1.54, 1.807) is 18.2 Å². The van der Waals surface area contributed by atoms with Gasteiger partial charge < -0.3 is 9.47 Å². The topological polar surface area (TPSA) is 81.7 Å². The van der Waals surface area contributed by atoms with Crippen molar-refractivity contribution in [3.8, 4) is 5.75 Å². The lowest BCUT2D eigenvalue weighted by Gasteiger charge is -2.17. The zero-order chi connectivity index (χ0) is 21.0. The van der Waals surface area contributed by atoms with Gasteiger partial charge in [0.15, 0.2) is 6.61 Å². The summed E-state index contributed by atoms with van der Waals surface area (Å²) in [5.41, 5.74) is 5.52. The molecule has 2 amide bonds. The molecule has 2 rings (SSSR count). The Kier molecular flexibility index (Phi) is 6.57. The molecule has 0 radical (unpaired) electrons. The summed E-state index contributed by atoms with van der Waals surface area (Å²) in [6.45, 7) is 9.08. The third-order valence-electron chi connectivity index (χ3n) is 5.14. The quantitative estimate of drug-likeness (QED) is 0.801. The molecule has 0 atom stereocenters. The third kappa shape index (κ3) is 4.22. The molecule has 148 valence electrons. The Balaban J connectivity index is 2.08. The predicted octanol–water partition coefficient (Wildman–Crippen LogP) is 3.35. The summed E-state index contributed by atoms with van der Waals surface area (Å²) in [4.78, 5) is 36.9. The fourth-order valence-electron chi connectivity index (χ4n) is 3.07. The summed E-state index contributed by atoms with van der Waals surface area (Å²) >= 11 is 0. The van der Waals surface area contributed by atoms with Crippen LogP contribution in [0, 0.1) is 34.6 Å². The lowest BCUT2D eigenvalue weighted by Crippen LogP contribution is -2.34. The third-order valence-corrected chi connectivity index (χ3v) is 5.14. The van der Waals surface area contributed by atoms with E-state index in [1.165, 1.54) is 13.2 Å². The molecule has 0 aromatic heterocycles. The normalized spacial score (nSPS) is 10.4. The summed E-state index contributed by atoms with van der Waals surface area (Å²) in [6.07, 6.45) is 0.